The van der Waals surface area contributed by atoms with E-state index in [1.807, 2.05) is 0 Å². The molecule has 0 aromatic carbocycles. The second-order valence-electron chi connectivity index (χ2n) is 5.38. The first-order chi connectivity index (χ1) is 11.3. The van der Waals surface area contributed by atoms with E-state index < -0.39 is 24.0 Å². The SMILES string of the molecule is CCCCCOC(=O)[C@@H](N)CCCCN.NC(=O)C[C@H](N)C(=O)O. The number of hydrogen-bond donors (Lipinski definition) is 5. The van der Waals surface area contributed by atoms with Crippen molar-refractivity contribution in [2.45, 2.75) is 64.0 Å². The second kappa shape index (κ2) is 16.2. The lowest BCUT2D eigenvalue weighted by Gasteiger charge is -2.10. The topological polar surface area (TPSA) is 185 Å². The molecular formula is C15H32N4O5. The van der Waals surface area contributed by atoms with Crippen LogP contribution in [0.5, 0.6) is 0 Å². The summed E-state index contributed by atoms with van der Waals surface area (Å²) in [5.74, 6) is -2.19. The first-order valence-electron chi connectivity index (χ1n) is 8.15. The van der Waals surface area contributed by atoms with Gasteiger partial charge in [0.2, 0.25) is 5.91 Å². The van der Waals surface area contributed by atoms with E-state index in [-0.39, 0.29) is 12.4 Å². The Hall–Kier alpha value is -1.71. The predicted molar refractivity (Wildman–Crippen MR) is 90.8 cm³/mol. The summed E-state index contributed by atoms with van der Waals surface area (Å²) in [6, 6.07) is -1.64. The number of unbranched alkanes of at least 4 members (excludes halogenated alkanes) is 3. The molecule has 0 fully saturated rings. The van der Waals surface area contributed by atoms with Crippen LogP contribution in [0.1, 0.15) is 51.9 Å². The zero-order chi connectivity index (χ0) is 19.0. The molecule has 0 spiro atoms. The molecule has 9 heteroatoms. The number of esters is 1. The zero-order valence-electron chi connectivity index (χ0n) is 14.4. The van der Waals surface area contributed by atoms with Crippen molar-refractivity contribution < 1.29 is 24.2 Å². The van der Waals surface area contributed by atoms with Crippen LogP contribution in [0.15, 0.2) is 0 Å². The van der Waals surface area contributed by atoms with Gasteiger partial charge >= 0.3 is 11.9 Å². The van der Waals surface area contributed by atoms with Crippen molar-refractivity contribution in [2.75, 3.05) is 13.2 Å². The largest absolute Gasteiger partial charge is 0.480 e. The standard InChI is InChI=1S/C11H24N2O2.C4H8N2O3/c1-2-3-6-9-15-11(14)10(13)7-4-5-8-12;5-2(4(8)9)1-3(6)7/h10H,2-9,12-13H2,1H3;2H,1,5H2,(H2,6,7)(H,8,9)/t10-;2-/m00/s1. The highest BCUT2D eigenvalue weighted by atomic mass is 16.5. The summed E-state index contributed by atoms with van der Waals surface area (Å²) < 4.78 is 5.04. The van der Waals surface area contributed by atoms with Gasteiger partial charge < -0.3 is 32.8 Å². The zero-order valence-corrected chi connectivity index (χ0v) is 14.4. The molecule has 0 unspecified atom stereocenters. The fourth-order valence-corrected chi connectivity index (χ4v) is 1.56. The monoisotopic (exact) mass is 348 g/mol. The summed E-state index contributed by atoms with van der Waals surface area (Å²) in [6.45, 7) is 3.26. The molecule has 2 atom stereocenters. The highest BCUT2D eigenvalue weighted by Gasteiger charge is 2.14. The molecule has 0 rings (SSSR count). The summed E-state index contributed by atoms with van der Waals surface area (Å²) >= 11 is 0. The number of primary amides is 1. The molecule has 0 aliphatic heterocycles. The number of rotatable bonds is 12. The van der Waals surface area contributed by atoms with Gasteiger partial charge in [-0.3, -0.25) is 14.4 Å². The highest BCUT2D eigenvalue weighted by Crippen LogP contribution is 2.01. The van der Waals surface area contributed by atoms with Crippen LogP contribution in [0.25, 0.3) is 0 Å². The molecule has 0 aliphatic carbocycles. The van der Waals surface area contributed by atoms with Crippen LogP contribution < -0.4 is 22.9 Å². The van der Waals surface area contributed by atoms with Gasteiger partial charge in [0, 0.05) is 0 Å². The van der Waals surface area contributed by atoms with Gasteiger partial charge in [-0.15, -0.1) is 0 Å². The summed E-state index contributed by atoms with van der Waals surface area (Å²) in [4.78, 5) is 31.2. The summed E-state index contributed by atoms with van der Waals surface area (Å²) in [5.41, 5.74) is 20.6. The van der Waals surface area contributed by atoms with E-state index in [2.05, 4.69) is 12.7 Å². The van der Waals surface area contributed by atoms with Crippen LogP contribution in [-0.2, 0) is 19.1 Å². The van der Waals surface area contributed by atoms with Gasteiger partial charge in [0.25, 0.3) is 0 Å². The molecule has 9 nitrogen and oxygen atoms in total. The second-order valence-corrected chi connectivity index (χ2v) is 5.38. The molecule has 24 heavy (non-hydrogen) atoms. The molecule has 0 heterocycles. The number of carboxylic acids is 1. The van der Waals surface area contributed by atoms with Crippen LogP contribution >= 0.6 is 0 Å². The third-order valence-corrected chi connectivity index (χ3v) is 3.00. The van der Waals surface area contributed by atoms with Crippen LogP contribution in [0.3, 0.4) is 0 Å². The Balaban J connectivity index is 0. The Bertz CT molecular complexity index is 366. The van der Waals surface area contributed by atoms with Crippen LogP contribution in [0.2, 0.25) is 0 Å². The van der Waals surface area contributed by atoms with E-state index in [1.54, 1.807) is 0 Å². The molecule has 0 radical (unpaired) electrons. The Morgan fingerprint density at radius 1 is 1.04 bits per heavy atom. The van der Waals surface area contributed by atoms with Crippen LogP contribution in [0, 0.1) is 0 Å². The number of ether oxygens (including phenoxy) is 1. The fourth-order valence-electron chi connectivity index (χ4n) is 1.56. The third-order valence-electron chi connectivity index (χ3n) is 3.00. The fraction of sp³-hybridized carbons (Fsp3) is 0.800. The number of hydrogen-bond acceptors (Lipinski definition) is 7. The molecule has 1 amide bonds. The Morgan fingerprint density at radius 3 is 2.08 bits per heavy atom. The van der Waals surface area contributed by atoms with Crippen molar-refractivity contribution in [1.82, 2.24) is 0 Å². The smallest absolute Gasteiger partial charge is 0.322 e. The van der Waals surface area contributed by atoms with Crippen molar-refractivity contribution >= 4 is 17.8 Å². The summed E-state index contributed by atoms with van der Waals surface area (Å²) in [5, 5.41) is 8.10. The van der Waals surface area contributed by atoms with E-state index in [9.17, 15) is 14.4 Å². The first kappa shape index (κ1) is 24.5. The number of amides is 1. The van der Waals surface area contributed by atoms with Gasteiger partial charge in [-0.2, -0.15) is 0 Å². The van der Waals surface area contributed by atoms with Crippen molar-refractivity contribution in [3.8, 4) is 0 Å². The van der Waals surface area contributed by atoms with Gasteiger partial charge in [-0.1, -0.05) is 26.2 Å². The summed E-state index contributed by atoms with van der Waals surface area (Å²) in [6.07, 6.45) is 5.31. The third kappa shape index (κ3) is 16.7. The molecule has 0 bridgehead atoms. The molecular weight excluding hydrogens is 316 g/mol. The maximum absolute atomic E-state index is 11.3. The Kier molecular flexibility index (Phi) is 16.5. The maximum atomic E-state index is 11.3. The average Bonchev–Trinajstić information content (AvgIpc) is 2.51. The number of aliphatic carboxylic acids is 1. The minimum atomic E-state index is -1.21. The highest BCUT2D eigenvalue weighted by molar-refractivity contribution is 5.83. The molecule has 0 aromatic rings. The molecule has 0 saturated heterocycles. The Labute approximate surface area is 143 Å². The lowest BCUT2D eigenvalue weighted by atomic mass is 10.1. The predicted octanol–water partition coefficient (Wildman–Crippen LogP) is -0.550. The van der Waals surface area contributed by atoms with E-state index in [4.69, 9.17) is 27.0 Å². The molecule has 9 N–H and O–H groups in total. The van der Waals surface area contributed by atoms with Crippen molar-refractivity contribution in [2.24, 2.45) is 22.9 Å². The lowest BCUT2D eigenvalue weighted by molar-refractivity contribution is -0.145. The van der Waals surface area contributed by atoms with E-state index >= 15 is 0 Å². The Morgan fingerprint density at radius 2 is 1.67 bits per heavy atom. The van der Waals surface area contributed by atoms with Gasteiger partial charge in [0.15, 0.2) is 0 Å². The van der Waals surface area contributed by atoms with E-state index in [0.717, 1.165) is 32.1 Å². The van der Waals surface area contributed by atoms with Gasteiger partial charge in [0.1, 0.15) is 12.1 Å². The van der Waals surface area contributed by atoms with Crippen molar-refractivity contribution in [1.29, 1.82) is 0 Å². The maximum Gasteiger partial charge on any atom is 0.322 e. The minimum Gasteiger partial charge on any atom is -0.480 e. The van der Waals surface area contributed by atoms with Crippen LogP contribution in [-0.4, -0.2) is 48.2 Å². The number of carbonyl (C=O) groups is 3. The molecule has 0 aliphatic rings. The van der Waals surface area contributed by atoms with Gasteiger partial charge in [0.05, 0.1) is 13.0 Å². The van der Waals surface area contributed by atoms with Gasteiger partial charge in [-0.05, 0) is 25.8 Å². The number of nitrogens with two attached hydrogens (primary N) is 4. The average molecular weight is 348 g/mol. The van der Waals surface area contributed by atoms with E-state index in [0.29, 0.717) is 19.6 Å². The lowest BCUT2D eigenvalue weighted by Crippen LogP contribution is -2.34. The number of carboxylic acid groups (broad SMARTS) is 1. The summed E-state index contributed by atoms with van der Waals surface area (Å²) in [7, 11) is 0. The molecule has 0 saturated carbocycles. The quantitative estimate of drug-likeness (QED) is 0.229. The van der Waals surface area contributed by atoms with Gasteiger partial charge in [-0.25, -0.2) is 0 Å². The van der Waals surface area contributed by atoms with Crippen LogP contribution in [0.4, 0.5) is 0 Å². The minimum absolute atomic E-state index is 0.275. The molecule has 0 aromatic heterocycles. The number of carbonyl (C=O) groups excluding carboxylic acids is 2. The molecule has 142 valence electrons. The van der Waals surface area contributed by atoms with Crippen molar-refractivity contribution in [3.05, 3.63) is 0 Å². The van der Waals surface area contributed by atoms with Crippen molar-refractivity contribution in [3.63, 3.8) is 0 Å². The van der Waals surface area contributed by atoms with E-state index in [1.165, 1.54) is 0 Å². The normalized spacial score (nSPS) is 12.5. The first-order valence-corrected chi connectivity index (χ1v) is 8.15.